The van der Waals surface area contributed by atoms with Gasteiger partial charge in [0.25, 0.3) is 0 Å². The van der Waals surface area contributed by atoms with Crippen LogP contribution in [0.15, 0.2) is 24.3 Å². The summed E-state index contributed by atoms with van der Waals surface area (Å²) in [7, 11) is 0. The highest BCUT2D eigenvalue weighted by Crippen LogP contribution is 2.14. The maximum atomic E-state index is 11.8. The van der Waals surface area contributed by atoms with Crippen LogP contribution in [0.5, 0.6) is 0 Å². The second kappa shape index (κ2) is 8.53. The largest absolute Gasteiger partial charge is 0.448 e. The number of nitrogens with zero attached hydrogens (tertiary/aromatic N) is 1. The van der Waals surface area contributed by atoms with Gasteiger partial charge in [0.05, 0.1) is 19.6 Å². The number of amides is 2. The summed E-state index contributed by atoms with van der Waals surface area (Å²) in [6.45, 7) is 6.84. The van der Waals surface area contributed by atoms with Crippen LogP contribution in [0.2, 0.25) is 0 Å². The molecule has 1 aliphatic rings. The minimum Gasteiger partial charge on any atom is -0.448 e. The van der Waals surface area contributed by atoms with Gasteiger partial charge in [0.15, 0.2) is 0 Å². The Kier molecular flexibility index (Phi) is 6.40. The van der Waals surface area contributed by atoms with E-state index in [2.05, 4.69) is 19.2 Å². The van der Waals surface area contributed by atoms with Crippen LogP contribution in [0.3, 0.4) is 0 Å². The minimum absolute atomic E-state index is 0.0652. The normalized spacial score (nSPS) is 14.2. The van der Waals surface area contributed by atoms with Crippen LogP contribution in [-0.4, -0.2) is 43.3 Å². The molecule has 0 aliphatic carbocycles. The van der Waals surface area contributed by atoms with Gasteiger partial charge < -0.3 is 19.7 Å². The van der Waals surface area contributed by atoms with Crippen molar-refractivity contribution in [3.63, 3.8) is 0 Å². The number of cyclic esters (lactones) is 1. The van der Waals surface area contributed by atoms with E-state index in [0.29, 0.717) is 45.2 Å². The first-order valence-electron chi connectivity index (χ1n) is 7.93. The number of benzene rings is 1. The van der Waals surface area contributed by atoms with Crippen LogP contribution < -0.4 is 5.32 Å². The summed E-state index contributed by atoms with van der Waals surface area (Å²) < 4.78 is 10.3. The molecular weight excluding hydrogens is 296 g/mol. The molecule has 0 saturated carbocycles. The summed E-state index contributed by atoms with van der Waals surface area (Å²) in [5.74, 6) is 0.406. The topological polar surface area (TPSA) is 67.9 Å². The van der Waals surface area contributed by atoms with E-state index >= 15 is 0 Å². The smallest absolute Gasteiger partial charge is 0.410 e. The highest BCUT2D eigenvalue weighted by Gasteiger charge is 2.21. The number of rotatable bonds is 8. The van der Waals surface area contributed by atoms with Crippen molar-refractivity contribution in [2.24, 2.45) is 5.92 Å². The lowest BCUT2D eigenvalue weighted by atomic mass is 10.2. The second-order valence-corrected chi connectivity index (χ2v) is 6.00. The Bertz CT molecular complexity index is 528. The zero-order chi connectivity index (χ0) is 16.7. The lowest BCUT2D eigenvalue weighted by molar-refractivity contribution is -0.117. The monoisotopic (exact) mass is 320 g/mol. The molecular formula is C17H24N2O4. The highest BCUT2D eigenvalue weighted by atomic mass is 16.6. The molecule has 0 aromatic heterocycles. The van der Waals surface area contributed by atoms with E-state index in [1.165, 1.54) is 0 Å². The third-order valence-electron chi connectivity index (χ3n) is 3.38. The Morgan fingerprint density at radius 3 is 2.70 bits per heavy atom. The fourth-order valence-electron chi connectivity index (χ4n) is 2.19. The lowest BCUT2D eigenvalue weighted by Crippen LogP contribution is -2.23. The Morgan fingerprint density at radius 1 is 1.35 bits per heavy atom. The van der Waals surface area contributed by atoms with Crippen molar-refractivity contribution in [3.05, 3.63) is 29.8 Å². The molecule has 0 unspecified atom stereocenters. The predicted molar refractivity (Wildman–Crippen MR) is 87.1 cm³/mol. The van der Waals surface area contributed by atoms with Gasteiger partial charge in [0.2, 0.25) is 5.91 Å². The van der Waals surface area contributed by atoms with Crippen molar-refractivity contribution < 1.29 is 19.1 Å². The summed E-state index contributed by atoms with van der Waals surface area (Å²) in [6.07, 6.45) is 0.0671. The van der Waals surface area contributed by atoms with Crippen LogP contribution >= 0.6 is 0 Å². The summed E-state index contributed by atoms with van der Waals surface area (Å²) in [5, 5.41) is 2.84. The van der Waals surface area contributed by atoms with Gasteiger partial charge in [-0.1, -0.05) is 26.0 Å². The van der Waals surface area contributed by atoms with E-state index in [0.717, 1.165) is 11.3 Å². The highest BCUT2D eigenvalue weighted by molar-refractivity contribution is 5.90. The van der Waals surface area contributed by atoms with Crippen molar-refractivity contribution in [1.29, 1.82) is 0 Å². The molecule has 1 saturated heterocycles. The average Bonchev–Trinajstić information content (AvgIpc) is 2.91. The first kappa shape index (κ1) is 17.3. The lowest BCUT2D eigenvalue weighted by Gasteiger charge is -2.13. The molecule has 0 bridgehead atoms. The Balaban J connectivity index is 1.73. The fourth-order valence-corrected chi connectivity index (χ4v) is 2.19. The Hall–Kier alpha value is -2.08. The van der Waals surface area contributed by atoms with Crippen molar-refractivity contribution in [2.75, 3.05) is 31.7 Å². The first-order chi connectivity index (χ1) is 11.0. The summed E-state index contributed by atoms with van der Waals surface area (Å²) in [6, 6.07) is 7.47. The number of carbonyl (C=O) groups is 2. The molecule has 1 aromatic carbocycles. The molecule has 1 aliphatic heterocycles. The van der Waals surface area contributed by atoms with Crippen molar-refractivity contribution >= 4 is 17.7 Å². The number of nitrogens with one attached hydrogen (secondary N) is 1. The molecule has 6 nitrogen and oxygen atoms in total. The Morgan fingerprint density at radius 2 is 2.09 bits per heavy atom. The summed E-state index contributed by atoms with van der Waals surface area (Å²) >= 11 is 0. The molecule has 2 amide bonds. The molecule has 6 heteroatoms. The molecule has 1 N–H and O–H groups in total. The molecule has 0 radical (unpaired) electrons. The molecule has 1 heterocycles. The molecule has 126 valence electrons. The number of anilines is 1. The van der Waals surface area contributed by atoms with Gasteiger partial charge in [-0.15, -0.1) is 0 Å². The van der Waals surface area contributed by atoms with E-state index in [9.17, 15) is 9.59 Å². The minimum atomic E-state index is -0.274. The third kappa shape index (κ3) is 5.90. The fraction of sp³-hybridized carbons (Fsp3) is 0.529. The van der Waals surface area contributed by atoms with Gasteiger partial charge in [-0.05, 0) is 23.6 Å². The maximum Gasteiger partial charge on any atom is 0.410 e. The van der Waals surface area contributed by atoms with Crippen molar-refractivity contribution in [2.45, 2.75) is 26.8 Å². The zero-order valence-electron chi connectivity index (χ0n) is 13.7. The van der Waals surface area contributed by atoms with Crippen LogP contribution in [0, 0.1) is 5.92 Å². The summed E-state index contributed by atoms with van der Waals surface area (Å²) in [4.78, 5) is 24.8. The van der Waals surface area contributed by atoms with Gasteiger partial charge >= 0.3 is 6.09 Å². The van der Waals surface area contributed by atoms with Crippen LogP contribution in [-0.2, 0) is 20.8 Å². The number of hydrogen-bond acceptors (Lipinski definition) is 4. The van der Waals surface area contributed by atoms with Gasteiger partial charge in [-0.25, -0.2) is 4.79 Å². The molecule has 1 aromatic rings. The predicted octanol–water partition coefficient (Wildman–Crippen LogP) is 2.64. The summed E-state index contributed by atoms with van der Waals surface area (Å²) in [5.41, 5.74) is 1.74. The van der Waals surface area contributed by atoms with E-state index in [4.69, 9.17) is 9.47 Å². The molecule has 0 atom stereocenters. The number of ether oxygens (including phenoxy) is 2. The van der Waals surface area contributed by atoms with Gasteiger partial charge in [-0.2, -0.15) is 0 Å². The molecule has 1 fully saturated rings. The molecule has 23 heavy (non-hydrogen) atoms. The van der Waals surface area contributed by atoms with Crippen LogP contribution in [0.4, 0.5) is 10.5 Å². The zero-order valence-corrected chi connectivity index (χ0v) is 13.7. The second-order valence-electron chi connectivity index (χ2n) is 6.00. The van der Waals surface area contributed by atoms with E-state index in [1.54, 1.807) is 4.90 Å². The van der Waals surface area contributed by atoms with Crippen LogP contribution in [0.1, 0.15) is 25.8 Å². The number of carbonyl (C=O) groups excluding carboxylic acids is 2. The maximum absolute atomic E-state index is 11.8. The van der Waals surface area contributed by atoms with Crippen molar-refractivity contribution in [1.82, 2.24) is 4.90 Å². The quantitative estimate of drug-likeness (QED) is 0.748. The SMILES string of the molecule is CC(C)COCCC(=O)Nc1ccc(CN2CCOC2=O)cc1. The average molecular weight is 320 g/mol. The van der Waals surface area contributed by atoms with Gasteiger partial charge in [-0.3, -0.25) is 4.79 Å². The standard InChI is InChI=1S/C17H24N2O4/c1-13(2)12-22-9-7-16(20)18-15-5-3-14(4-6-15)11-19-8-10-23-17(19)21/h3-6,13H,7-12H2,1-2H3,(H,18,20). The number of hydrogen-bond donors (Lipinski definition) is 1. The molecule has 2 rings (SSSR count). The van der Waals surface area contributed by atoms with E-state index in [1.807, 2.05) is 24.3 Å². The van der Waals surface area contributed by atoms with E-state index in [-0.39, 0.29) is 12.0 Å². The third-order valence-corrected chi connectivity index (χ3v) is 3.38. The first-order valence-corrected chi connectivity index (χ1v) is 7.93. The van der Waals surface area contributed by atoms with Crippen molar-refractivity contribution in [3.8, 4) is 0 Å². The Labute approximate surface area is 136 Å². The van der Waals surface area contributed by atoms with Gasteiger partial charge in [0, 0.05) is 18.8 Å². The van der Waals surface area contributed by atoms with Gasteiger partial charge in [0.1, 0.15) is 6.61 Å². The van der Waals surface area contributed by atoms with Crippen LogP contribution in [0.25, 0.3) is 0 Å². The van der Waals surface area contributed by atoms with E-state index < -0.39 is 0 Å². The molecule has 0 spiro atoms.